The Hall–Kier alpha value is -1.47. The second-order valence-corrected chi connectivity index (χ2v) is 4.18. The zero-order chi connectivity index (χ0) is 15.0. The van der Waals surface area contributed by atoms with Crippen LogP contribution in [-0.2, 0) is 0 Å². The number of halogens is 3. The van der Waals surface area contributed by atoms with Gasteiger partial charge >= 0.3 is 6.18 Å². The summed E-state index contributed by atoms with van der Waals surface area (Å²) < 4.78 is 47.6. The molecule has 7 heteroatoms. The highest BCUT2D eigenvalue weighted by Crippen LogP contribution is 2.25. The summed E-state index contributed by atoms with van der Waals surface area (Å²) >= 11 is 0. The molecule has 1 rings (SSSR count). The zero-order valence-corrected chi connectivity index (χ0v) is 11.3. The Bertz CT molecular complexity index is 399. The summed E-state index contributed by atoms with van der Waals surface area (Å²) in [6.07, 6.45) is -4.24. The highest BCUT2D eigenvalue weighted by Gasteiger charge is 2.30. The Labute approximate surface area is 116 Å². The molecule has 0 aliphatic rings. The minimum absolute atomic E-state index is 0.135. The van der Waals surface area contributed by atoms with Gasteiger partial charge in [0.15, 0.2) is 11.5 Å². The summed E-state index contributed by atoms with van der Waals surface area (Å²) in [4.78, 5) is 1.22. The lowest BCUT2D eigenvalue weighted by molar-refractivity contribution is -0.146. The molecule has 0 unspecified atom stereocenters. The van der Waals surface area contributed by atoms with Crippen LogP contribution in [0, 0.1) is 0 Å². The summed E-state index contributed by atoms with van der Waals surface area (Å²) in [5.74, 6) is 1.06. The van der Waals surface area contributed by atoms with Crippen LogP contribution < -0.4 is 15.2 Å². The lowest BCUT2D eigenvalue weighted by atomic mass is 10.3. The number of alkyl halides is 3. The molecule has 0 heterocycles. The van der Waals surface area contributed by atoms with Crippen molar-refractivity contribution in [2.75, 3.05) is 39.9 Å². The molecule has 0 radical (unpaired) electrons. The topological polar surface area (TPSA) is 47.7 Å². The summed E-state index contributed by atoms with van der Waals surface area (Å²) in [7, 11) is 1.51. The zero-order valence-electron chi connectivity index (χ0n) is 11.3. The van der Waals surface area contributed by atoms with Gasteiger partial charge in [-0.3, -0.25) is 4.90 Å². The highest BCUT2D eigenvalue weighted by molar-refractivity contribution is 5.39. The lowest BCUT2D eigenvalue weighted by Gasteiger charge is -2.23. The molecule has 0 amide bonds. The van der Waals surface area contributed by atoms with E-state index in [1.54, 1.807) is 24.3 Å². The Morgan fingerprint density at radius 3 is 2.35 bits per heavy atom. The number of hydrogen-bond donors (Lipinski definition) is 1. The van der Waals surface area contributed by atoms with E-state index in [4.69, 9.17) is 15.2 Å². The van der Waals surface area contributed by atoms with Crippen LogP contribution in [0.3, 0.4) is 0 Å². The van der Waals surface area contributed by atoms with Crippen molar-refractivity contribution in [2.24, 2.45) is 5.73 Å². The van der Waals surface area contributed by atoms with Crippen LogP contribution in [0.4, 0.5) is 13.2 Å². The molecular weight excluding hydrogens is 273 g/mol. The van der Waals surface area contributed by atoms with Crippen LogP contribution in [0.2, 0.25) is 0 Å². The van der Waals surface area contributed by atoms with Crippen molar-refractivity contribution >= 4 is 0 Å². The van der Waals surface area contributed by atoms with Crippen LogP contribution in [0.15, 0.2) is 24.3 Å². The lowest BCUT2D eigenvalue weighted by Crippen LogP contribution is -2.39. The third-order valence-electron chi connectivity index (χ3n) is 2.58. The van der Waals surface area contributed by atoms with Crippen LogP contribution in [0.25, 0.3) is 0 Å². The Kier molecular flexibility index (Phi) is 6.60. The van der Waals surface area contributed by atoms with Crippen molar-refractivity contribution in [3.8, 4) is 11.5 Å². The van der Waals surface area contributed by atoms with E-state index in [1.807, 2.05) is 0 Å². The Morgan fingerprint density at radius 2 is 1.80 bits per heavy atom. The fourth-order valence-electron chi connectivity index (χ4n) is 1.73. The van der Waals surface area contributed by atoms with Gasteiger partial charge in [-0.1, -0.05) is 12.1 Å². The van der Waals surface area contributed by atoms with Gasteiger partial charge in [0.25, 0.3) is 0 Å². The van der Waals surface area contributed by atoms with Gasteiger partial charge in [-0.05, 0) is 12.1 Å². The van der Waals surface area contributed by atoms with Gasteiger partial charge in [-0.15, -0.1) is 0 Å². The van der Waals surface area contributed by atoms with Gasteiger partial charge in [0.1, 0.15) is 6.61 Å². The van der Waals surface area contributed by atoms with E-state index in [0.29, 0.717) is 11.5 Å². The molecule has 0 bridgehead atoms. The monoisotopic (exact) mass is 292 g/mol. The predicted molar refractivity (Wildman–Crippen MR) is 70.0 cm³/mol. The molecule has 0 aromatic heterocycles. The summed E-state index contributed by atoms with van der Waals surface area (Å²) in [5.41, 5.74) is 5.31. The van der Waals surface area contributed by atoms with Gasteiger partial charge in [-0.2, -0.15) is 13.2 Å². The first-order chi connectivity index (χ1) is 9.46. The number of nitrogens with two attached hydrogens (primary N) is 1. The number of benzene rings is 1. The first-order valence-corrected chi connectivity index (χ1v) is 6.21. The van der Waals surface area contributed by atoms with Crippen molar-refractivity contribution < 1.29 is 22.6 Å². The average Bonchev–Trinajstić information content (AvgIpc) is 2.37. The molecule has 4 nitrogen and oxygen atoms in total. The van der Waals surface area contributed by atoms with Gasteiger partial charge < -0.3 is 15.2 Å². The van der Waals surface area contributed by atoms with Crippen molar-refractivity contribution in [3.05, 3.63) is 24.3 Å². The Morgan fingerprint density at radius 1 is 1.15 bits per heavy atom. The van der Waals surface area contributed by atoms with Crippen molar-refractivity contribution in [2.45, 2.75) is 6.18 Å². The summed E-state index contributed by atoms with van der Waals surface area (Å²) in [6, 6.07) is 6.99. The molecule has 20 heavy (non-hydrogen) atoms. The SMILES string of the molecule is COc1ccccc1OCCN(CCN)CC(F)(F)F. The molecule has 1 aromatic rings. The molecule has 114 valence electrons. The molecule has 0 fully saturated rings. The fourth-order valence-corrected chi connectivity index (χ4v) is 1.73. The van der Waals surface area contributed by atoms with Crippen molar-refractivity contribution in [1.29, 1.82) is 0 Å². The number of ether oxygens (including phenoxy) is 2. The summed E-state index contributed by atoms with van der Waals surface area (Å²) in [5, 5.41) is 0. The highest BCUT2D eigenvalue weighted by atomic mass is 19.4. The van der Waals surface area contributed by atoms with E-state index in [0.717, 1.165) is 0 Å². The summed E-state index contributed by atoms with van der Waals surface area (Å²) in [6.45, 7) is -0.357. The number of nitrogens with zero attached hydrogens (tertiary/aromatic N) is 1. The molecule has 0 atom stereocenters. The van der Waals surface area contributed by atoms with Crippen molar-refractivity contribution in [3.63, 3.8) is 0 Å². The van der Waals surface area contributed by atoms with E-state index in [1.165, 1.54) is 12.0 Å². The maximum absolute atomic E-state index is 12.4. The maximum atomic E-state index is 12.4. The maximum Gasteiger partial charge on any atom is 0.401 e. The van der Waals surface area contributed by atoms with Gasteiger partial charge in [0.2, 0.25) is 0 Å². The van der Waals surface area contributed by atoms with Crippen LogP contribution in [0.1, 0.15) is 0 Å². The van der Waals surface area contributed by atoms with E-state index >= 15 is 0 Å². The second-order valence-electron chi connectivity index (χ2n) is 4.18. The van der Waals surface area contributed by atoms with Crippen LogP contribution >= 0.6 is 0 Å². The number of methoxy groups -OCH3 is 1. The largest absolute Gasteiger partial charge is 0.493 e. The minimum Gasteiger partial charge on any atom is -0.493 e. The average molecular weight is 292 g/mol. The first-order valence-electron chi connectivity index (χ1n) is 6.21. The van der Waals surface area contributed by atoms with Gasteiger partial charge in [0, 0.05) is 19.6 Å². The fraction of sp³-hybridized carbons (Fsp3) is 0.538. The third-order valence-corrected chi connectivity index (χ3v) is 2.58. The van der Waals surface area contributed by atoms with Crippen LogP contribution in [0.5, 0.6) is 11.5 Å². The van der Waals surface area contributed by atoms with Crippen LogP contribution in [-0.4, -0.2) is 51.0 Å². The number of rotatable bonds is 8. The smallest absolute Gasteiger partial charge is 0.401 e. The molecule has 0 spiro atoms. The third kappa shape index (κ3) is 6.12. The first kappa shape index (κ1) is 16.6. The molecule has 2 N–H and O–H groups in total. The standard InChI is InChI=1S/C13H19F3N2O2/c1-19-11-4-2-3-5-12(11)20-9-8-18(7-6-17)10-13(14,15)16/h2-5H,6-10,17H2,1H3. The Balaban J connectivity index is 2.47. The molecule has 0 saturated carbocycles. The van der Waals surface area contributed by atoms with E-state index in [2.05, 4.69) is 0 Å². The molecule has 0 aliphatic heterocycles. The number of hydrogen-bond acceptors (Lipinski definition) is 4. The molecule has 0 aliphatic carbocycles. The number of para-hydroxylation sites is 2. The molecular formula is C13H19F3N2O2. The molecule has 1 aromatic carbocycles. The van der Waals surface area contributed by atoms with Gasteiger partial charge in [-0.25, -0.2) is 0 Å². The normalized spacial score (nSPS) is 11.7. The quantitative estimate of drug-likeness (QED) is 0.795. The van der Waals surface area contributed by atoms with E-state index in [-0.39, 0.29) is 26.2 Å². The van der Waals surface area contributed by atoms with E-state index < -0.39 is 12.7 Å². The van der Waals surface area contributed by atoms with Crippen molar-refractivity contribution in [1.82, 2.24) is 4.90 Å². The molecule has 0 saturated heterocycles. The van der Waals surface area contributed by atoms with Gasteiger partial charge in [0.05, 0.1) is 13.7 Å². The second kappa shape index (κ2) is 7.96. The van der Waals surface area contributed by atoms with E-state index in [9.17, 15) is 13.2 Å². The minimum atomic E-state index is -4.24. The predicted octanol–water partition coefficient (Wildman–Crippen LogP) is 1.90.